The Labute approximate surface area is 87.3 Å². The lowest BCUT2D eigenvalue weighted by Gasteiger charge is -2.02. The predicted molar refractivity (Wildman–Crippen MR) is 57.2 cm³/mol. The van der Waals surface area contributed by atoms with Gasteiger partial charge in [-0.3, -0.25) is 0 Å². The zero-order valence-electron chi connectivity index (χ0n) is 8.40. The molecule has 2 aromatic rings. The average Bonchev–Trinajstić information content (AvgIpc) is 2.64. The maximum absolute atomic E-state index is 5.47. The van der Waals surface area contributed by atoms with Gasteiger partial charge in [0.2, 0.25) is 5.89 Å². The molecule has 0 unspecified atom stereocenters. The Morgan fingerprint density at radius 2 is 2.20 bits per heavy atom. The topological polar surface area (TPSA) is 77.0 Å². The normalized spacial score (nSPS) is 10.2. The molecule has 5 nitrogen and oxygen atoms in total. The van der Waals surface area contributed by atoms with Crippen LogP contribution in [0.5, 0.6) is 0 Å². The van der Waals surface area contributed by atoms with Crippen LogP contribution >= 0.6 is 0 Å². The molecule has 0 saturated carbocycles. The van der Waals surface area contributed by atoms with Gasteiger partial charge in [0.1, 0.15) is 11.6 Å². The molecular weight excluding hydrogens is 192 g/mol. The molecule has 0 radical (unpaired) electrons. The van der Waals surface area contributed by atoms with Gasteiger partial charge in [-0.25, -0.2) is 9.97 Å². The Kier molecular flexibility index (Phi) is 2.53. The van der Waals surface area contributed by atoms with Crippen molar-refractivity contribution in [3.8, 4) is 0 Å². The Morgan fingerprint density at radius 3 is 2.80 bits per heavy atom. The monoisotopic (exact) mass is 204 g/mol. The van der Waals surface area contributed by atoms with Crippen LogP contribution in [-0.4, -0.2) is 9.97 Å². The minimum Gasteiger partial charge on any atom is -0.444 e. The molecule has 15 heavy (non-hydrogen) atoms. The standard InChI is InChI=1S/C10H12N4O/c1-7-4-14-10(15-7)6-12-8-2-3-9(11)13-5-8/h2-5,12H,6H2,1H3,(H2,11,13). The Balaban J connectivity index is 1.96. The molecule has 78 valence electrons. The first-order valence-corrected chi connectivity index (χ1v) is 4.61. The van der Waals surface area contributed by atoms with Gasteiger partial charge in [0, 0.05) is 0 Å². The number of nitrogens with one attached hydrogen (secondary N) is 1. The van der Waals surface area contributed by atoms with E-state index in [-0.39, 0.29) is 0 Å². The highest BCUT2D eigenvalue weighted by molar-refractivity contribution is 5.45. The first-order chi connectivity index (χ1) is 7.24. The molecule has 0 aliphatic rings. The Hall–Kier alpha value is -2.04. The molecule has 2 heterocycles. The van der Waals surface area contributed by atoms with Gasteiger partial charge in [-0.1, -0.05) is 0 Å². The van der Waals surface area contributed by atoms with Crippen LogP contribution in [-0.2, 0) is 6.54 Å². The van der Waals surface area contributed by atoms with Crippen molar-refractivity contribution in [2.45, 2.75) is 13.5 Å². The number of aromatic nitrogens is 2. The fourth-order valence-electron chi connectivity index (χ4n) is 1.17. The third-order valence-electron chi connectivity index (χ3n) is 1.90. The molecule has 0 spiro atoms. The van der Waals surface area contributed by atoms with Crippen LogP contribution in [0.1, 0.15) is 11.7 Å². The minimum absolute atomic E-state index is 0.507. The third-order valence-corrected chi connectivity index (χ3v) is 1.90. The van der Waals surface area contributed by atoms with Crippen LogP contribution in [0.3, 0.4) is 0 Å². The van der Waals surface area contributed by atoms with E-state index in [9.17, 15) is 0 Å². The van der Waals surface area contributed by atoms with E-state index in [2.05, 4.69) is 15.3 Å². The van der Waals surface area contributed by atoms with Crippen molar-refractivity contribution in [3.63, 3.8) is 0 Å². The van der Waals surface area contributed by atoms with E-state index < -0.39 is 0 Å². The second-order valence-electron chi connectivity index (χ2n) is 3.19. The van der Waals surface area contributed by atoms with Crippen LogP contribution in [0.4, 0.5) is 11.5 Å². The maximum Gasteiger partial charge on any atom is 0.213 e. The highest BCUT2D eigenvalue weighted by Crippen LogP contribution is 2.09. The molecule has 0 fully saturated rings. The molecule has 2 aromatic heterocycles. The van der Waals surface area contributed by atoms with Gasteiger partial charge in [0.25, 0.3) is 0 Å². The molecule has 5 heteroatoms. The molecule has 0 saturated heterocycles. The van der Waals surface area contributed by atoms with Gasteiger partial charge in [-0.2, -0.15) is 0 Å². The largest absolute Gasteiger partial charge is 0.444 e. The third kappa shape index (κ3) is 2.46. The second-order valence-corrected chi connectivity index (χ2v) is 3.19. The summed E-state index contributed by atoms with van der Waals surface area (Å²) in [5.41, 5.74) is 6.36. The fourth-order valence-corrected chi connectivity index (χ4v) is 1.17. The number of aryl methyl sites for hydroxylation is 1. The van der Waals surface area contributed by atoms with Crippen molar-refractivity contribution in [3.05, 3.63) is 36.2 Å². The van der Waals surface area contributed by atoms with E-state index in [4.69, 9.17) is 10.2 Å². The molecule has 0 aromatic carbocycles. The summed E-state index contributed by atoms with van der Waals surface area (Å²) >= 11 is 0. The number of anilines is 2. The summed E-state index contributed by atoms with van der Waals surface area (Å²) in [6.07, 6.45) is 3.36. The summed E-state index contributed by atoms with van der Waals surface area (Å²) in [5, 5.41) is 3.13. The molecular formula is C10H12N4O. The first-order valence-electron chi connectivity index (χ1n) is 4.61. The van der Waals surface area contributed by atoms with E-state index in [1.165, 1.54) is 0 Å². The van der Waals surface area contributed by atoms with Crippen LogP contribution in [0.15, 0.2) is 28.9 Å². The summed E-state index contributed by atoms with van der Waals surface area (Å²) < 4.78 is 5.31. The van der Waals surface area contributed by atoms with E-state index in [1.807, 2.05) is 13.0 Å². The van der Waals surface area contributed by atoms with Gasteiger partial charge in [0.05, 0.1) is 24.6 Å². The summed E-state index contributed by atoms with van der Waals surface area (Å²) in [6.45, 7) is 2.40. The lowest BCUT2D eigenvalue weighted by atomic mass is 10.4. The number of oxazole rings is 1. The van der Waals surface area contributed by atoms with Crippen LogP contribution in [0.25, 0.3) is 0 Å². The molecule has 2 rings (SSSR count). The highest BCUT2D eigenvalue weighted by atomic mass is 16.4. The number of nitrogens with two attached hydrogens (primary N) is 1. The number of rotatable bonds is 3. The maximum atomic E-state index is 5.47. The van der Waals surface area contributed by atoms with Crippen molar-refractivity contribution in [1.82, 2.24) is 9.97 Å². The van der Waals surface area contributed by atoms with Crippen molar-refractivity contribution >= 4 is 11.5 Å². The van der Waals surface area contributed by atoms with Gasteiger partial charge in [-0.15, -0.1) is 0 Å². The second kappa shape index (κ2) is 4.00. The lowest BCUT2D eigenvalue weighted by Crippen LogP contribution is -2.00. The predicted octanol–water partition coefficient (Wildman–Crippen LogP) is 1.57. The number of pyridine rings is 1. The van der Waals surface area contributed by atoms with E-state index in [0.29, 0.717) is 18.3 Å². The number of hydrogen-bond acceptors (Lipinski definition) is 5. The summed E-state index contributed by atoms with van der Waals surface area (Å²) in [4.78, 5) is 8.03. The quantitative estimate of drug-likeness (QED) is 0.793. The molecule has 0 atom stereocenters. The average molecular weight is 204 g/mol. The number of nitrogen functional groups attached to an aromatic ring is 1. The van der Waals surface area contributed by atoms with Crippen LogP contribution in [0, 0.1) is 6.92 Å². The summed E-state index contributed by atoms with van der Waals surface area (Å²) in [7, 11) is 0. The van der Waals surface area contributed by atoms with Crippen molar-refractivity contribution in [1.29, 1.82) is 0 Å². The van der Waals surface area contributed by atoms with E-state index in [0.717, 1.165) is 11.4 Å². The molecule has 0 amide bonds. The SMILES string of the molecule is Cc1cnc(CNc2ccc(N)nc2)o1. The van der Waals surface area contributed by atoms with Gasteiger partial charge >= 0.3 is 0 Å². The highest BCUT2D eigenvalue weighted by Gasteiger charge is 1.99. The van der Waals surface area contributed by atoms with E-state index in [1.54, 1.807) is 18.5 Å². The lowest BCUT2D eigenvalue weighted by molar-refractivity contribution is 0.479. The first kappa shape index (κ1) is 9.51. The number of nitrogens with zero attached hydrogens (tertiary/aromatic N) is 2. The molecule has 0 aliphatic carbocycles. The smallest absolute Gasteiger partial charge is 0.213 e. The van der Waals surface area contributed by atoms with Crippen LogP contribution < -0.4 is 11.1 Å². The number of hydrogen-bond donors (Lipinski definition) is 2. The van der Waals surface area contributed by atoms with Crippen molar-refractivity contribution in [2.24, 2.45) is 0 Å². The summed E-state index contributed by atoms with van der Waals surface area (Å²) in [6, 6.07) is 3.60. The minimum atomic E-state index is 0.507. The van der Waals surface area contributed by atoms with Gasteiger partial charge < -0.3 is 15.5 Å². The fraction of sp³-hybridized carbons (Fsp3) is 0.200. The Bertz CT molecular complexity index is 435. The molecule has 0 aliphatic heterocycles. The summed E-state index contributed by atoms with van der Waals surface area (Å²) in [5.74, 6) is 1.97. The van der Waals surface area contributed by atoms with Crippen molar-refractivity contribution in [2.75, 3.05) is 11.1 Å². The Morgan fingerprint density at radius 1 is 1.33 bits per heavy atom. The van der Waals surface area contributed by atoms with Crippen molar-refractivity contribution < 1.29 is 4.42 Å². The van der Waals surface area contributed by atoms with Gasteiger partial charge in [0.15, 0.2) is 0 Å². The van der Waals surface area contributed by atoms with E-state index >= 15 is 0 Å². The van der Waals surface area contributed by atoms with Crippen LogP contribution in [0.2, 0.25) is 0 Å². The zero-order valence-corrected chi connectivity index (χ0v) is 8.40. The molecule has 3 N–H and O–H groups in total. The zero-order chi connectivity index (χ0) is 10.7. The molecule has 0 bridgehead atoms. The van der Waals surface area contributed by atoms with Gasteiger partial charge in [-0.05, 0) is 19.1 Å².